The van der Waals surface area contributed by atoms with Gasteiger partial charge in [-0.05, 0) is 58.6 Å². The minimum absolute atomic E-state index is 0.0441. The van der Waals surface area contributed by atoms with Crippen LogP contribution in [-0.4, -0.2) is 78.2 Å². The lowest BCUT2D eigenvalue weighted by atomic mass is 9.80. The normalized spacial score (nSPS) is 27.4. The molecule has 2 aliphatic heterocycles. The van der Waals surface area contributed by atoms with Crippen LogP contribution in [0.4, 0.5) is 0 Å². The second-order valence-electron chi connectivity index (χ2n) is 10.1. The van der Waals surface area contributed by atoms with Crippen molar-refractivity contribution >= 4 is 11.8 Å². The number of nitrogens with one attached hydrogen (secondary N) is 1. The summed E-state index contributed by atoms with van der Waals surface area (Å²) in [5, 5.41) is 2.98. The Balaban J connectivity index is 1.53. The smallest absolute Gasteiger partial charge is 0.258 e. The van der Waals surface area contributed by atoms with E-state index in [4.69, 9.17) is 9.47 Å². The molecule has 1 saturated heterocycles. The molecule has 2 fully saturated rings. The summed E-state index contributed by atoms with van der Waals surface area (Å²) in [4.78, 5) is 30.2. The molecule has 2 heterocycles. The van der Waals surface area contributed by atoms with E-state index in [0.717, 1.165) is 52.0 Å². The first-order valence-corrected chi connectivity index (χ1v) is 11.4. The molecule has 31 heavy (non-hydrogen) atoms. The lowest BCUT2D eigenvalue weighted by Gasteiger charge is -2.45. The van der Waals surface area contributed by atoms with Crippen LogP contribution in [0.1, 0.15) is 56.8 Å². The topological polar surface area (TPSA) is 71.1 Å². The third-order valence-electron chi connectivity index (χ3n) is 6.49. The number of ether oxygens (including phenoxy) is 2. The van der Waals surface area contributed by atoms with Gasteiger partial charge in [0.1, 0.15) is 17.9 Å². The molecule has 170 valence electrons. The number of carbonyl (C=O) groups excluding carboxylic acids is 2. The van der Waals surface area contributed by atoms with E-state index >= 15 is 0 Å². The molecule has 0 bridgehead atoms. The van der Waals surface area contributed by atoms with Gasteiger partial charge in [0.15, 0.2) is 0 Å². The van der Waals surface area contributed by atoms with Gasteiger partial charge in [-0.3, -0.25) is 14.5 Å². The first-order chi connectivity index (χ1) is 14.7. The number of amides is 2. The SMILES string of the molecule is CC(C)(C)NC(=O)CN1CC2(CCC(N3CCOCC3)CC2)Oc2ccccc2C1=O. The van der Waals surface area contributed by atoms with E-state index < -0.39 is 5.60 Å². The van der Waals surface area contributed by atoms with E-state index in [0.29, 0.717) is 23.9 Å². The van der Waals surface area contributed by atoms with E-state index in [9.17, 15) is 9.59 Å². The number of fused-ring (bicyclic) bond motifs is 1. The quantitative estimate of drug-likeness (QED) is 0.799. The van der Waals surface area contributed by atoms with Gasteiger partial charge in [0, 0.05) is 24.7 Å². The summed E-state index contributed by atoms with van der Waals surface area (Å²) in [6.45, 7) is 9.90. The zero-order chi connectivity index (χ0) is 22.1. The van der Waals surface area contributed by atoms with Crippen molar-refractivity contribution in [3.63, 3.8) is 0 Å². The molecule has 0 radical (unpaired) electrons. The van der Waals surface area contributed by atoms with Gasteiger partial charge in [-0.2, -0.15) is 0 Å². The van der Waals surface area contributed by atoms with Crippen molar-refractivity contribution in [3.8, 4) is 5.75 Å². The summed E-state index contributed by atoms with van der Waals surface area (Å²) in [7, 11) is 0. The summed E-state index contributed by atoms with van der Waals surface area (Å²) < 4.78 is 12.1. The maximum absolute atomic E-state index is 13.3. The van der Waals surface area contributed by atoms with Crippen LogP contribution in [0.3, 0.4) is 0 Å². The molecule has 0 atom stereocenters. The second kappa shape index (κ2) is 8.79. The number of rotatable bonds is 3. The molecule has 4 rings (SSSR count). The summed E-state index contributed by atoms with van der Waals surface area (Å²) >= 11 is 0. The van der Waals surface area contributed by atoms with E-state index in [1.54, 1.807) is 11.0 Å². The van der Waals surface area contributed by atoms with Crippen molar-refractivity contribution in [1.29, 1.82) is 0 Å². The van der Waals surface area contributed by atoms with E-state index in [1.807, 2.05) is 39.0 Å². The highest BCUT2D eigenvalue weighted by Gasteiger charge is 2.44. The predicted molar refractivity (Wildman–Crippen MR) is 118 cm³/mol. The molecule has 1 saturated carbocycles. The van der Waals surface area contributed by atoms with Crippen molar-refractivity contribution in [3.05, 3.63) is 29.8 Å². The molecule has 7 heteroatoms. The van der Waals surface area contributed by atoms with Gasteiger partial charge in [-0.15, -0.1) is 0 Å². The average Bonchev–Trinajstić information content (AvgIpc) is 2.83. The highest BCUT2D eigenvalue weighted by Crippen LogP contribution is 2.39. The lowest BCUT2D eigenvalue weighted by Crippen LogP contribution is -2.55. The number of hydrogen-bond donors (Lipinski definition) is 1. The van der Waals surface area contributed by atoms with Crippen LogP contribution in [0.15, 0.2) is 24.3 Å². The molecule has 1 aromatic rings. The molecule has 1 aliphatic carbocycles. The molecule has 3 aliphatic rings. The number of carbonyl (C=O) groups is 2. The second-order valence-corrected chi connectivity index (χ2v) is 10.1. The Labute approximate surface area is 185 Å². The van der Waals surface area contributed by atoms with E-state index in [2.05, 4.69) is 10.2 Å². The fraction of sp³-hybridized carbons (Fsp3) is 0.667. The van der Waals surface area contributed by atoms with Gasteiger partial charge in [0.2, 0.25) is 5.91 Å². The minimum Gasteiger partial charge on any atom is -0.485 e. The molecule has 2 amide bonds. The molecule has 0 unspecified atom stereocenters. The Morgan fingerprint density at radius 3 is 2.52 bits per heavy atom. The summed E-state index contributed by atoms with van der Waals surface area (Å²) in [6, 6.07) is 7.96. The Kier molecular flexibility index (Phi) is 6.26. The largest absolute Gasteiger partial charge is 0.485 e. The van der Waals surface area contributed by atoms with E-state index in [-0.39, 0.29) is 23.9 Å². The molecule has 1 N–H and O–H groups in total. The third kappa shape index (κ3) is 5.21. The molecule has 1 aromatic carbocycles. The van der Waals surface area contributed by atoms with Crippen LogP contribution >= 0.6 is 0 Å². The van der Waals surface area contributed by atoms with Gasteiger partial charge in [0.25, 0.3) is 5.91 Å². The maximum Gasteiger partial charge on any atom is 0.258 e. The standard InChI is InChI=1S/C24H35N3O4/c1-23(2,3)25-21(28)16-27-17-24(31-20-7-5-4-6-19(20)22(27)29)10-8-18(9-11-24)26-12-14-30-15-13-26/h4-7,18H,8-17H2,1-3H3,(H,25,28). The monoisotopic (exact) mass is 429 g/mol. The molecule has 0 aromatic heterocycles. The minimum atomic E-state index is -0.451. The van der Waals surface area contributed by atoms with Crippen molar-refractivity contribution in [2.45, 2.75) is 63.6 Å². The van der Waals surface area contributed by atoms with Crippen molar-refractivity contribution in [1.82, 2.24) is 15.1 Å². The summed E-state index contributed by atoms with van der Waals surface area (Å²) in [5.74, 6) is 0.361. The van der Waals surface area contributed by atoms with Gasteiger partial charge < -0.3 is 19.7 Å². The Hall–Kier alpha value is -2.12. The summed E-state index contributed by atoms with van der Waals surface area (Å²) in [5.41, 5.74) is -0.250. The Morgan fingerprint density at radius 1 is 1.16 bits per heavy atom. The lowest BCUT2D eigenvalue weighted by molar-refractivity contribution is -0.123. The van der Waals surface area contributed by atoms with Crippen molar-refractivity contribution in [2.24, 2.45) is 0 Å². The molecule has 1 spiro atoms. The van der Waals surface area contributed by atoms with E-state index in [1.165, 1.54) is 0 Å². The predicted octanol–water partition coefficient (Wildman–Crippen LogP) is 2.45. The first kappa shape index (κ1) is 22.1. The zero-order valence-electron chi connectivity index (χ0n) is 19.0. The van der Waals surface area contributed by atoms with Crippen LogP contribution in [0.5, 0.6) is 5.75 Å². The van der Waals surface area contributed by atoms with Gasteiger partial charge in [-0.1, -0.05) is 12.1 Å². The number of nitrogens with zero attached hydrogens (tertiary/aromatic N) is 2. The van der Waals surface area contributed by atoms with Gasteiger partial charge in [0.05, 0.1) is 25.3 Å². The van der Waals surface area contributed by atoms with Crippen LogP contribution in [0, 0.1) is 0 Å². The van der Waals surface area contributed by atoms with Gasteiger partial charge in [-0.25, -0.2) is 0 Å². The van der Waals surface area contributed by atoms with Crippen molar-refractivity contribution in [2.75, 3.05) is 39.4 Å². The fourth-order valence-corrected chi connectivity index (χ4v) is 5.04. The molecule has 7 nitrogen and oxygen atoms in total. The highest BCUT2D eigenvalue weighted by molar-refractivity contribution is 5.99. The Bertz CT molecular complexity index is 805. The van der Waals surface area contributed by atoms with Crippen LogP contribution in [0.2, 0.25) is 0 Å². The van der Waals surface area contributed by atoms with Crippen molar-refractivity contribution < 1.29 is 19.1 Å². The number of benzene rings is 1. The third-order valence-corrected chi connectivity index (χ3v) is 6.49. The Morgan fingerprint density at radius 2 is 1.84 bits per heavy atom. The van der Waals surface area contributed by atoms with Crippen LogP contribution in [0.25, 0.3) is 0 Å². The summed E-state index contributed by atoms with van der Waals surface area (Å²) in [6.07, 6.45) is 3.79. The zero-order valence-corrected chi connectivity index (χ0v) is 19.0. The maximum atomic E-state index is 13.3. The molecular formula is C24H35N3O4. The first-order valence-electron chi connectivity index (χ1n) is 11.4. The number of morpholine rings is 1. The number of para-hydroxylation sites is 1. The van der Waals surface area contributed by atoms with Crippen LogP contribution in [-0.2, 0) is 9.53 Å². The molecular weight excluding hydrogens is 394 g/mol. The van der Waals surface area contributed by atoms with Crippen LogP contribution < -0.4 is 10.1 Å². The fourth-order valence-electron chi connectivity index (χ4n) is 5.04. The highest BCUT2D eigenvalue weighted by atomic mass is 16.5. The van der Waals surface area contributed by atoms with Gasteiger partial charge >= 0.3 is 0 Å². The average molecular weight is 430 g/mol. The number of hydrogen-bond acceptors (Lipinski definition) is 5.